The number of rotatable bonds is 3. The third-order valence-electron chi connectivity index (χ3n) is 3.12. The van der Waals surface area contributed by atoms with Crippen LogP contribution in [0.1, 0.15) is 31.2 Å². The van der Waals surface area contributed by atoms with Gasteiger partial charge in [0.1, 0.15) is 5.15 Å². The Bertz CT molecular complexity index is 447. The van der Waals surface area contributed by atoms with Crippen molar-refractivity contribution in [2.24, 2.45) is 0 Å². The molecule has 0 fully saturated rings. The largest absolute Gasteiger partial charge is 0.316 e. The van der Waals surface area contributed by atoms with Gasteiger partial charge < -0.3 is 5.32 Å². The number of nitrogens with one attached hydrogen (secondary N) is 1. The summed E-state index contributed by atoms with van der Waals surface area (Å²) in [6.45, 7) is 0.963. The molecule has 1 heterocycles. The van der Waals surface area contributed by atoms with E-state index in [-0.39, 0.29) is 12.4 Å². The number of aromatic nitrogens is 1. The molecule has 2 rings (SSSR count). The second-order valence-electron chi connectivity index (χ2n) is 4.31. The molecule has 1 aromatic rings. The molecule has 1 aromatic heterocycles. The van der Waals surface area contributed by atoms with E-state index in [2.05, 4.69) is 26.2 Å². The Morgan fingerprint density at radius 2 is 2.11 bits per heavy atom. The minimum Gasteiger partial charge on any atom is -0.316 e. The van der Waals surface area contributed by atoms with Gasteiger partial charge in [-0.15, -0.1) is 12.4 Å². The van der Waals surface area contributed by atoms with E-state index in [1.807, 2.05) is 19.3 Å². The van der Waals surface area contributed by atoms with E-state index in [0.717, 1.165) is 17.4 Å². The standard InChI is InChI=1S/C13H16BrClN2.ClH/c1-16-7-9-4-2-3-5-10(9)11-8-17-13(15)6-12(11)14;/h6,8,16H,2-5,7H2,1H3;1H. The Balaban J connectivity index is 0.00000162. The lowest BCUT2D eigenvalue weighted by molar-refractivity contribution is 0.684. The van der Waals surface area contributed by atoms with E-state index in [1.54, 1.807) is 0 Å². The Labute approximate surface area is 128 Å². The first-order valence-corrected chi connectivity index (χ1v) is 7.06. The van der Waals surface area contributed by atoms with Crippen LogP contribution in [0.4, 0.5) is 0 Å². The van der Waals surface area contributed by atoms with Crippen molar-refractivity contribution < 1.29 is 0 Å². The first-order chi connectivity index (χ1) is 8.22. The molecule has 0 aliphatic heterocycles. The van der Waals surface area contributed by atoms with E-state index in [1.165, 1.54) is 36.0 Å². The number of hydrogen-bond acceptors (Lipinski definition) is 2. The minimum absolute atomic E-state index is 0. The van der Waals surface area contributed by atoms with Gasteiger partial charge in [-0.2, -0.15) is 0 Å². The summed E-state index contributed by atoms with van der Waals surface area (Å²) in [6, 6.07) is 1.87. The number of likely N-dealkylation sites (N-methyl/N-ethyl adjacent to an activating group) is 1. The van der Waals surface area contributed by atoms with E-state index in [4.69, 9.17) is 11.6 Å². The van der Waals surface area contributed by atoms with Gasteiger partial charge in [-0.3, -0.25) is 0 Å². The number of hydrogen-bond donors (Lipinski definition) is 1. The first kappa shape index (κ1) is 16.0. The highest BCUT2D eigenvalue weighted by atomic mass is 79.9. The van der Waals surface area contributed by atoms with Gasteiger partial charge in [0.05, 0.1) is 0 Å². The van der Waals surface area contributed by atoms with Crippen molar-refractivity contribution in [3.05, 3.63) is 33.0 Å². The number of halogens is 3. The van der Waals surface area contributed by atoms with E-state index >= 15 is 0 Å². The molecule has 0 bridgehead atoms. The zero-order valence-electron chi connectivity index (χ0n) is 10.3. The molecule has 5 heteroatoms. The molecule has 0 atom stereocenters. The third-order valence-corrected chi connectivity index (χ3v) is 3.98. The molecule has 2 nitrogen and oxygen atoms in total. The van der Waals surface area contributed by atoms with Crippen molar-refractivity contribution in [2.75, 3.05) is 13.6 Å². The summed E-state index contributed by atoms with van der Waals surface area (Å²) in [5.74, 6) is 0. The zero-order valence-corrected chi connectivity index (χ0v) is 13.5. The average Bonchev–Trinajstić information content (AvgIpc) is 2.31. The topological polar surface area (TPSA) is 24.9 Å². The highest BCUT2D eigenvalue weighted by molar-refractivity contribution is 9.10. The summed E-state index contributed by atoms with van der Waals surface area (Å²) < 4.78 is 1.04. The quantitative estimate of drug-likeness (QED) is 0.813. The molecule has 0 saturated carbocycles. The van der Waals surface area contributed by atoms with Gasteiger partial charge in [0, 0.05) is 22.8 Å². The van der Waals surface area contributed by atoms with Gasteiger partial charge >= 0.3 is 0 Å². The van der Waals surface area contributed by atoms with E-state index in [9.17, 15) is 0 Å². The summed E-state index contributed by atoms with van der Waals surface area (Å²) in [4.78, 5) is 4.19. The number of pyridine rings is 1. The normalized spacial score (nSPS) is 15.5. The maximum absolute atomic E-state index is 5.88. The molecule has 0 spiro atoms. The fraction of sp³-hybridized carbons (Fsp3) is 0.462. The van der Waals surface area contributed by atoms with Crippen molar-refractivity contribution in [2.45, 2.75) is 25.7 Å². The van der Waals surface area contributed by atoms with Crippen LogP contribution >= 0.6 is 39.9 Å². The van der Waals surface area contributed by atoms with Crippen LogP contribution in [0, 0.1) is 0 Å². The van der Waals surface area contributed by atoms with Crippen LogP contribution in [-0.2, 0) is 0 Å². The van der Waals surface area contributed by atoms with Crippen LogP contribution in [0.15, 0.2) is 22.3 Å². The predicted molar refractivity (Wildman–Crippen MR) is 83.5 cm³/mol. The predicted octanol–water partition coefficient (Wildman–Crippen LogP) is 4.47. The van der Waals surface area contributed by atoms with Crippen molar-refractivity contribution in [3.63, 3.8) is 0 Å². The molecule has 0 radical (unpaired) electrons. The first-order valence-electron chi connectivity index (χ1n) is 5.89. The minimum atomic E-state index is 0. The Hall–Kier alpha value is -0.0900. The Kier molecular flexibility index (Phi) is 6.64. The number of nitrogens with zero attached hydrogens (tertiary/aromatic N) is 1. The van der Waals surface area contributed by atoms with Gasteiger partial charge in [0.2, 0.25) is 0 Å². The molecule has 18 heavy (non-hydrogen) atoms. The third kappa shape index (κ3) is 3.70. The summed E-state index contributed by atoms with van der Waals surface area (Å²) in [5, 5.41) is 3.78. The maximum Gasteiger partial charge on any atom is 0.130 e. The van der Waals surface area contributed by atoms with Crippen LogP contribution in [0.25, 0.3) is 5.57 Å². The van der Waals surface area contributed by atoms with E-state index in [0.29, 0.717) is 5.15 Å². The maximum atomic E-state index is 5.88. The van der Waals surface area contributed by atoms with Gasteiger partial charge in [0.15, 0.2) is 0 Å². The van der Waals surface area contributed by atoms with Crippen LogP contribution in [0.2, 0.25) is 5.15 Å². The lowest BCUT2D eigenvalue weighted by Crippen LogP contribution is -2.14. The van der Waals surface area contributed by atoms with Crippen molar-refractivity contribution in [1.82, 2.24) is 10.3 Å². The molecule has 100 valence electrons. The zero-order chi connectivity index (χ0) is 12.3. The monoisotopic (exact) mass is 350 g/mol. The van der Waals surface area contributed by atoms with Crippen molar-refractivity contribution in [1.29, 1.82) is 0 Å². The van der Waals surface area contributed by atoms with Crippen LogP contribution < -0.4 is 5.32 Å². The Morgan fingerprint density at radius 1 is 1.39 bits per heavy atom. The Morgan fingerprint density at radius 3 is 2.78 bits per heavy atom. The second-order valence-corrected chi connectivity index (χ2v) is 5.55. The molecule has 1 aliphatic rings. The smallest absolute Gasteiger partial charge is 0.130 e. The summed E-state index contributed by atoms with van der Waals surface area (Å²) in [5.41, 5.74) is 4.13. The summed E-state index contributed by atoms with van der Waals surface area (Å²) in [6.07, 6.45) is 6.75. The fourth-order valence-corrected chi connectivity index (χ4v) is 3.18. The highest BCUT2D eigenvalue weighted by Gasteiger charge is 2.16. The van der Waals surface area contributed by atoms with Gasteiger partial charge in [-0.05, 0) is 60.3 Å². The molecule has 0 saturated heterocycles. The van der Waals surface area contributed by atoms with Crippen LogP contribution in [-0.4, -0.2) is 18.6 Å². The van der Waals surface area contributed by atoms with Crippen LogP contribution in [0.5, 0.6) is 0 Å². The van der Waals surface area contributed by atoms with Gasteiger partial charge in [-0.1, -0.05) is 17.2 Å². The van der Waals surface area contributed by atoms with Crippen molar-refractivity contribution >= 4 is 45.5 Å². The second kappa shape index (κ2) is 7.49. The molecular formula is C13H17BrCl2N2. The lowest BCUT2D eigenvalue weighted by atomic mass is 9.88. The lowest BCUT2D eigenvalue weighted by Gasteiger charge is -2.21. The molecule has 0 unspecified atom stereocenters. The fourth-order valence-electron chi connectivity index (χ4n) is 2.33. The molecular weight excluding hydrogens is 335 g/mol. The number of allylic oxidation sites excluding steroid dienone is 1. The SMILES string of the molecule is CNCC1=C(c2cnc(Cl)cc2Br)CCCC1.Cl. The van der Waals surface area contributed by atoms with Gasteiger partial charge in [-0.25, -0.2) is 4.98 Å². The molecule has 0 aromatic carbocycles. The molecule has 1 aliphatic carbocycles. The molecule has 1 N–H and O–H groups in total. The molecule has 0 amide bonds. The van der Waals surface area contributed by atoms with Gasteiger partial charge in [0.25, 0.3) is 0 Å². The van der Waals surface area contributed by atoms with Crippen molar-refractivity contribution in [3.8, 4) is 0 Å². The van der Waals surface area contributed by atoms with E-state index < -0.39 is 0 Å². The average molecular weight is 352 g/mol. The summed E-state index contributed by atoms with van der Waals surface area (Å²) in [7, 11) is 1.99. The van der Waals surface area contributed by atoms with Crippen LogP contribution in [0.3, 0.4) is 0 Å². The summed E-state index contributed by atoms with van der Waals surface area (Å²) >= 11 is 9.47. The highest BCUT2D eigenvalue weighted by Crippen LogP contribution is 2.35.